The molecule has 0 aromatic heterocycles. The largest absolute Gasteiger partial charge is 0.0620 e. The van der Waals surface area contributed by atoms with Crippen LogP contribution < -0.4 is 0 Å². The van der Waals surface area contributed by atoms with Crippen molar-refractivity contribution in [1.29, 1.82) is 0 Å². The van der Waals surface area contributed by atoms with E-state index in [0.717, 1.165) is 11.3 Å². The highest BCUT2D eigenvalue weighted by Crippen LogP contribution is 2.66. The normalized spacial score (nSPS) is 56.5. The van der Waals surface area contributed by atoms with Gasteiger partial charge in [-0.2, -0.15) is 0 Å². The molecule has 2 aliphatic rings. The monoisotopic (exact) mass is 152 g/mol. The van der Waals surface area contributed by atoms with Gasteiger partial charge in [0.1, 0.15) is 0 Å². The standard InChI is InChI=1S/C11H20/c1-9-5-4-6-10(2)7-8-11(9,10)3/h9H,4-8H2,1-3H3. The van der Waals surface area contributed by atoms with Crippen LogP contribution in [0, 0.1) is 16.7 Å². The first-order valence-corrected chi connectivity index (χ1v) is 5.08. The van der Waals surface area contributed by atoms with Gasteiger partial charge >= 0.3 is 0 Å². The molecular weight excluding hydrogens is 132 g/mol. The first-order valence-electron chi connectivity index (χ1n) is 5.08. The average molecular weight is 152 g/mol. The Morgan fingerprint density at radius 2 is 1.82 bits per heavy atom. The number of fused-ring (bicyclic) bond motifs is 1. The van der Waals surface area contributed by atoms with Gasteiger partial charge in [-0.25, -0.2) is 0 Å². The van der Waals surface area contributed by atoms with E-state index >= 15 is 0 Å². The van der Waals surface area contributed by atoms with Crippen molar-refractivity contribution >= 4 is 0 Å². The summed E-state index contributed by atoms with van der Waals surface area (Å²) in [5.41, 5.74) is 1.44. The van der Waals surface area contributed by atoms with E-state index in [1.165, 1.54) is 32.1 Å². The van der Waals surface area contributed by atoms with Crippen molar-refractivity contribution in [1.82, 2.24) is 0 Å². The van der Waals surface area contributed by atoms with Crippen LogP contribution >= 0.6 is 0 Å². The van der Waals surface area contributed by atoms with Gasteiger partial charge in [-0.15, -0.1) is 0 Å². The Kier molecular flexibility index (Phi) is 1.41. The van der Waals surface area contributed by atoms with E-state index in [2.05, 4.69) is 20.8 Å². The van der Waals surface area contributed by atoms with E-state index in [-0.39, 0.29) is 0 Å². The summed E-state index contributed by atoms with van der Waals surface area (Å²) in [6, 6.07) is 0. The van der Waals surface area contributed by atoms with Crippen LogP contribution in [0.4, 0.5) is 0 Å². The maximum atomic E-state index is 2.51. The summed E-state index contributed by atoms with van der Waals surface area (Å²) in [5, 5.41) is 0. The Labute approximate surface area is 70.4 Å². The van der Waals surface area contributed by atoms with Gasteiger partial charge in [0.05, 0.1) is 0 Å². The molecule has 0 nitrogen and oxygen atoms in total. The Morgan fingerprint density at radius 1 is 1.09 bits per heavy atom. The topological polar surface area (TPSA) is 0 Å². The molecule has 0 amide bonds. The smallest absolute Gasteiger partial charge is 0.0246 e. The molecule has 3 unspecified atom stereocenters. The Balaban J connectivity index is 2.23. The second-order valence-corrected chi connectivity index (χ2v) is 5.27. The van der Waals surface area contributed by atoms with Gasteiger partial charge in [-0.3, -0.25) is 0 Å². The number of hydrogen-bond donors (Lipinski definition) is 0. The SMILES string of the molecule is CC1CCCC2(C)CCC12C. The van der Waals surface area contributed by atoms with Crippen molar-refractivity contribution in [3.8, 4) is 0 Å². The molecular formula is C11H20. The average Bonchev–Trinajstić information content (AvgIpc) is 1.98. The van der Waals surface area contributed by atoms with Gasteiger partial charge in [-0.1, -0.05) is 33.6 Å². The summed E-state index contributed by atoms with van der Waals surface area (Å²) in [6.07, 6.45) is 7.44. The molecule has 11 heavy (non-hydrogen) atoms. The highest BCUT2D eigenvalue weighted by atomic mass is 14.6. The molecule has 0 aliphatic heterocycles. The predicted octanol–water partition coefficient (Wildman–Crippen LogP) is 3.61. The van der Waals surface area contributed by atoms with Crippen LogP contribution in [0.3, 0.4) is 0 Å². The molecule has 2 aliphatic carbocycles. The summed E-state index contributed by atoms with van der Waals surface area (Å²) >= 11 is 0. The summed E-state index contributed by atoms with van der Waals surface area (Å²) in [7, 11) is 0. The van der Waals surface area contributed by atoms with Gasteiger partial charge in [-0.05, 0) is 36.0 Å². The van der Waals surface area contributed by atoms with Crippen molar-refractivity contribution in [2.75, 3.05) is 0 Å². The second-order valence-electron chi connectivity index (χ2n) is 5.27. The summed E-state index contributed by atoms with van der Waals surface area (Å²) in [6.45, 7) is 7.48. The Bertz CT molecular complexity index is 173. The van der Waals surface area contributed by atoms with Crippen LogP contribution in [-0.4, -0.2) is 0 Å². The second kappa shape index (κ2) is 2.02. The molecule has 0 heterocycles. The molecule has 0 spiro atoms. The lowest BCUT2D eigenvalue weighted by molar-refractivity contribution is -0.126. The van der Waals surface area contributed by atoms with Gasteiger partial charge in [0.2, 0.25) is 0 Å². The molecule has 0 N–H and O–H groups in total. The van der Waals surface area contributed by atoms with Crippen molar-refractivity contribution in [2.24, 2.45) is 16.7 Å². The van der Waals surface area contributed by atoms with Crippen molar-refractivity contribution in [2.45, 2.75) is 52.9 Å². The van der Waals surface area contributed by atoms with Gasteiger partial charge in [0.25, 0.3) is 0 Å². The lowest BCUT2D eigenvalue weighted by Gasteiger charge is -2.62. The van der Waals surface area contributed by atoms with E-state index in [4.69, 9.17) is 0 Å². The highest BCUT2D eigenvalue weighted by Gasteiger charge is 2.56. The van der Waals surface area contributed by atoms with Crippen LogP contribution in [0.2, 0.25) is 0 Å². The quantitative estimate of drug-likeness (QED) is 0.497. The van der Waals surface area contributed by atoms with Crippen molar-refractivity contribution in [3.05, 3.63) is 0 Å². The zero-order chi connectivity index (χ0) is 8.11. The van der Waals surface area contributed by atoms with Crippen LogP contribution in [0.25, 0.3) is 0 Å². The van der Waals surface area contributed by atoms with Crippen LogP contribution in [0.1, 0.15) is 52.9 Å². The van der Waals surface area contributed by atoms with Crippen LogP contribution in [0.5, 0.6) is 0 Å². The zero-order valence-corrected chi connectivity index (χ0v) is 8.11. The fraction of sp³-hybridized carbons (Fsp3) is 1.00. The lowest BCUT2D eigenvalue weighted by Crippen LogP contribution is -2.53. The summed E-state index contributed by atoms with van der Waals surface area (Å²) < 4.78 is 0. The first kappa shape index (κ1) is 7.64. The molecule has 0 heteroatoms. The van der Waals surface area contributed by atoms with Crippen molar-refractivity contribution < 1.29 is 0 Å². The maximum Gasteiger partial charge on any atom is -0.0246 e. The third-order valence-electron chi connectivity index (χ3n) is 5.03. The van der Waals surface area contributed by atoms with E-state index in [9.17, 15) is 0 Å². The van der Waals surface area contributed by atoms with E-state index in [0.29, 0.717) is 5.41 Å². The molecule has 0 radical (unpaired) electrons. The van der Waals surface area contributed by atoms with Crippen molar-refractivity contribution in [3.63, 3.8) is 0 Å². The van der Waals surface area contributed by atoms with Gasteiger partial charge < -0.3 is 0 Å². The third kappa shape index (κ3) is 0.761. The predicted molar refractivity (Wildman–Crippen MR) is 48.5 cm³/mol. The van der Waals surface area contributed by atoms with Crippen LogP contribution in [0.15, 0.2) is 0 Å². The minimum Gasteiger partial charge on any atom is -0.0620 e. The fourth-order valence-corrected chi connectivity index (χ4v) is 3.31. The molecule has 0 saturated heterocycles. The minimum absolute atomic E-state index is 0.714. The molecule has 3 atom stereocenters. The molecule has 2 rings (SSSR count). The minimum atomic E-state index is 0.714. The van der Waals surface area contributed by atoms with Gasteiger partial charge in [0, 0.05) is 0 Å². The summed E-state index contributed by atoms with van der Waals surface area (Å²) in [5.74, 6) is 0.981. The Morgan fingerprint density at radius 3 is 2.18 bits per heavy atom. The molecule has 0 aromatic carbocycles. The van der Waals surface area contributed by atoms with Crippen LogP contribution in [-0.2, 0) is 0 Å². The molecule has 0 bridgehead atoms. The summed E-state index contributed by atoms with van der Waals surface area (Å²) in [4.78, 5) is 0. The third-order valence-corrected chi connectivity index (χ3v) is 5.03. The van der Waals surface area contributed by atoms with Gasteiger partial charge in [0.15, 0.2) is 0 Å². The molecule has 64 valence electrons. The number of rotatable bonds is 0. The fourth-order valence-electron chi connectivity index (χ4n) is 3.31. The molecule has 2 fully saturated rings. The molecule has 0 aromatic rings. The maximum absolute atomic E-state index is 2.51. The zero-order valence-electron chi connectivity index (χ0n) is 8.11. The lowest BCUT2D eigenvalue weighted by atomic mass is 9.42. The van der Waals surface area contributed by atoms with E-state index in [1.807, 2.05) is 0 Å². The molecule has 2 saturated carbocycles. The number of hydrogen-bond acceptors (Lipinski definition) is 0. The van der Waals surface area contributed by atoms with E-state index in [1.54, 1.807) is 0 Å². The Hall–Kier alpha value is 0. The highest BCUT2D eigenvalue weighted by molar-refractivity contribution is 5.06. The van der Waals surface area contributed by atoms with E-state index < -0.39 is 0 Å². The first-order chi connectivity index (χ1) is 5.08.